The summed E-state index contributed by atoms with van der Waals surface area (Å²) in [5, 5.41) is 10.1. The van der Waals surface area contributed by atoms with Crippen molar-refractivity contribution in [3.05, 3.63) is 48.5 Å². The second-order valence-corrected chi connectivity index (χ2v) is 5.90. The molecule has 0 amide bonds. The fraction of sp³-hybridized carbons (Fsp3) is 0.556. The van der Waals surface area contributed by atoms with Crippen LogP contribution < -0.4 is 0 Å². The molecule has 5 heteroatoms. The van der Waals surface area contributed by atoms with E-state index in [1.54, 1.807) is 25.5 Å². The maximum Gasteiger partial charge on any atom is 0.147 e. The first-order chi connectivity index (χ1) is 11.0. The number of hydrogen-bond donors (Lipinski definition) is 1. The van der Waals surface area contributed by atoms with E-state index in [1.165, 1.54) is 0 Å². The molecule has 0 aliphatic heterocycles. The second kappa shape index (κ2) is 11.2. The monoisotopic (exact) mass is 324 g/mol. The average Bonchev–Trinajstić information content (AvgIpc) is 3.03. The van der Waals surface area contributed by atoms with E-state index >= 15 is 0 Å². The molecule has 1 atom stereocenters. The van der Waals surface area contributed by atoms with Crippen molar-refractivity contribution >= 4 is 0 Å². The summed E-state index contributed by atoms with van der Waals surface area (Å²) in [6.07, 6.45) is 9.43. The Morgan fingerprint density at radius 3 is 2.78 bits per heavy atom. The molecule has 1 aromatic heterocycles. The summed E-state index contributed by atoms with van der Waals surface area (Å²) in [5.74, 6) is 0.601. The molecule has 1 heterocycles. The topological polar surface area (TPSA) is 61.1 Å². The summed E-state index contributed by atoms with van der Waals surface area (Å²) in [6.45, 7) is 6.01. The van der Waals surface area contributed by atoms with Crippen LogP contribution in [-0.2, 0) is 14.2 Å². The smallest absolute Gasteiger partial charge is 0.147 e. The van der Waals surface area contributed by atoms with Gasteiger partial charge in [0.25, 0.3) is 0 Å². The zero-order valence-corrected chi connectivity index (χ0v) is 14.2. The highest BCUT2D eigenvalue weighted by Gasteiger charge is 2.21. The van der Waals surface area contributed by atoms with Crippen molar-refractivity contribution in [3.8, 4) is 0 Å². The van der Waals surface area contributed by atoms with Crippen LogP contribution in [0.4, 0.5) is 0 Å². The predicted molar refractivity (Wildman–Crippen MR) is 89.0 cm³/mol. The minimum Gasteiger partial charge on any atom is -0.467 e. The average molecular weight is 324 g/mol. The van der Waals surface area contributed by atoms with Gasteiger partial charge >= 0.3 is 0 Å². The Hall–Kier alpha value is -1.40. The maximum atomic E-state index is 10.1. The first-order valence-electron chi connectivity index (χ1n) is 7.75. The summed E-state index contributed by atoms with van der Waals surface area (Å²) in [6, 6.07) is 3.57. The molecule has 1 rings (SSSR count). The third-order valence-electron chi connectivity index (χ3n) is 3.20. The van der Waals surface area contributed by atoms with Crippen molar-refractivity contribution in [2.75, 3.05) is 33.7 Å². The third kappa shape index (κ3) is 9.36. The van der Waals surface area contributed by atoms with Crippen LogP contribution in [0.25, 0.3) is 0 Å². The van der Waals surface area contributed by atoms with E-state index in [-0.39, 0.29) is 12.2 Å². The van der Waals surface area contributed by atoms with E-state index in [0.717, 1.165) is 0 Å². The molecule has 0 aromatic carbocycles. The quantitative estimate of drug-likeness (QED) is 0.362. The molecule has 0 radical (unpaired) electrons. The van der Waals surface area contributed by atoms with Gasteiger partial charge in [-0.2, -0.15) is 0 Å². The molecular formula is C18H28O5. The standard InChI is InChI=1S/C18H28O5/c1-18(2,14-16(19)17-8-7-11-23-17)9-5-4-6-10-21-15-22-13-12-20-3/h4-9,11,16,19H,10,12-15H2,1-3H3/b6-4+,9-5+. The molecule has 0 aliphatic carbocycles. The Kier molecular flexibility index (Phi) is 9.55. The summed E-state index contributed by atoms with van der Waals surface area (Å²) in [4.78, 5) is 0. The maximum absolute atomic E-state index is 10.1. The molecule has 0 saturated heterocycles. The summed E-state index contributed by atoms with van der Waals surface area (Å²) in [7, 11) is 1.63. The van der Waals surface area contributed by atoms with Crippen LogP contribution in [0.5, 0.6) is 0 Å². The van der Waals surface area contributed by atoms with Crippen molar-refractivity contribution in [1.82, 2.24) is 0 Å². The van der Waals surface area contributed by atoms with Crippen LogP contribution >= 0.6 is 0 Å². The third-order valence-corrected chi connectivity index (χ3v) is 3.20. The minimum absolute atomic E-state index is 0.138. The zero-order chi connectivity index (χ0) is 17.0. The van der Waals surface area contributed by atoms with Crippen LogP contribution in [0.15, 0.2) is 47.1 Å². The van der Waals surface area contributed by atoms with Gasteiger partial charge in [0, 0.05) is 7.11 Å². The molecule has 0 saturated carbocycles. The number of allylic oxidation sites excluding steroid dienone is 3. The number of methoxy groups -OCH3 is 1. The first kappa shape index (κ1) is 19.6. The number of rotatable bonds is 12. The van der Waals surface area contributed by atoms with Gasteiger partial charge in [-0.05, 0) is 24.0 Å². The number of aliphatic hydroxyl groups is 1. The van der Waals surface area contributed by atoms with E-state index in [9.17, 15) is 5.11 Å². The number of ether oxygens (including phenoxy) is 3. The van der Waals surface area contributed by atoms with Crippen LogP contribution in [0.2, 0.25) is 0 Å². The Bertz CT molecular complexity index is 448. The highest BCUT2D eigenvalue weighted by molar-refractivity contribution is 5.09. The first-order valence-corrected chi connectivity index (χ1v) is 7.75. The fourth-order valence-corrected chi connectivity index (χ4v) is 1.97. The van der Waals surface area contributed by atoms with Crippen molar-refractivity contribution in [2.45, 2.75) is 26.4 Å². The summed E-state index contributed by atoms with van der Waals surface area (Å²) >= 11 is 0. The van der Waals surface area contributed by atoms with Crippen LogP contribution in [-0.4, -0.2) is 38.8 Å². The lowest BCUT2D eigenvalue weighted by atomic mass is 9.85. The molecule has 0 spiro atoms. The lowest BCUT2D eigenvalue weighted by Gasteiger charge is -2.22. The van der Waals surface area contributed by atoms with Crippen LogP contribution in [0.3, 0.4) is 0 Å². The zero-order valence-electron chi connectivity index (χ0n) is 14.2. The van der Waals surface area contributed by atoms with Crippen molar-refractivity contribution in [3.63, 3.8) is 0 Å². The highest BCUT2D eigenvalue weighted by Crippen LogP contribution is 2.31. The molecule has 23 heavy (non-hydrogen) atoms. The minimum atomic E-state index is -0.596. The normalized spacial score (nSPS) is 14.1. The molecular weight excluding hydrogens is 296 g/mol. The second-order valence-electron chi connectivity index (χ2n) is 5.90. The van der Waals surface area contributed by atoms with E-state index in [2.05, 4.69) is 19.9 Å². The number of hydrogen-bond acceptors (Lipinski definition) is 5. The lowest BCUT2D eigenvalue weighted by Crippen LogP contribution is -2.12. The number of furan rings is 1. The Morgan fingerprint density at radius 1 is 1.26 bits per heavy atom. The van der Waals surface area contributed by atoms with E-state index in [1.807, 2.05) is 18.2 Å². The van der Waals surface area contributed by atoms with Gasteiger partial charge in [0.05, 0.1) is 26.1 Å². The van der Waals surface area contributed by atoms with E-state index in [4.69, 9.17) is 18.6 Å². The van der Waals surface area contributed by atoms with Gasteiger partial charge in [0.1, 0.15) is 18.7 Å². The SMILES string of the molecule is COCCOCOC/C=C/C=C/C(C)(C)CC(O)c1ccco1. The van der Waals surface area contributed by atoms with E-state index < -0.39 is 6.10 Å². The Morgan fingerprint density at radius 2 is 2.09 bits per heavy atom. The van der Waals surface area contributed by atoms with Gasteiger partial charge < -0.3 is 23.7 Å². The highest BCUT2D eigenvalue weighted by atomic mass is 16.7. The predicted octanol–water partition coefficient (Wildman–Crippen LogP) is 3.48. The van der Waals surface area contributed by atoms with E-state index in [0.29, 0.717) is 32.0 Å². The molecule has 1 aromatic rings. The van der Waals surface area contributed by atoms with Gasteiger partial charge in [-0.25, -0.2) is 0 Å². The largest absolute Gasteiger partial charge is 0.467 e. The fourth-order valence-electron chi connectivity index (χ4n) is 1.97. The molecule has 1 N–H and O–H groups in total. The number of aliphatic hydroxyl groups excluding tert-OH is 1. The van der Waals surface area contributed by atoms with Crippen molar-refractivity contribution in [2.24, 2.45) is 5.41 Å². The molecule has 130 valence electrons. The van der Waals surface area contributed by atoms with Crippen LogP contribution in [0, 0.1) is 5.41 Å². The van der Waals surface area contributed by atoms with Gasteiger partial charge in [0.2, 0.25) is 0 Å². The molecule has 0 bridgehead atoms. The summed E-state index contributed by atoms with van der Waals surface area (Å²) in [5.41, 5.74) is -0.138. The van der Waals surface area contributed by atoms with Gasteiger partial charge in [-0.15, -0.1) is 0 Å². The van der Waals surface area contributed by atoms with Gasteiger partial charge in [-0.3, -0.25) is 0 Å². The lowest BCUT2D eigenvalue weighted by molar-refractivity contribution is -0.0571. The van der Waals surface area contributed by atoms with Crippen molar-refractivity contribution in [1.29, 1.82) is 0 Å². The van der Waals surface area contributed by atoms with Crippen molar-refractivity contribution < 1.29 is 23.7 Å². The van der Waals surface area contributed by atoms with Gasteiger partial charge in [0.15, 0.2) is 0 Å². The Labute approximate surface area is 138 Å². The Balaban J connectivity index is 2.20. The van der Waals surface area contributed by atoms with Gasteiger partial charge in [-0.1, -0.05) is 38.2 Å². The molecule has 1 unspecified atom stereocenters. The molecule has 0 aliphatic rings. The molecule has 0 fully saturated rings. The van der Waals surface area contributed by atoms with Crippen LogP contribution in [0.1, 0.15) is 32.1 Å². The molecule has 5 nitrogen and oxygen atoms in total. The summed E-state index contributed by atoms with van der Waals surface area (Å²) < 4.78 is 20.5.